The van der Waals surface area contributed by atoms with Crippen molar-refractivity contribution < 1.29 is 0 Å². The molecule has 3 heteroatoms. The fourth-order valence-corrected chi connectivity index (χ4v) is 2.17. The van der Waals surface area contributed by atoms with Crippen molar-refractivity contribution in [3.8, 4) is 6.07 Å². The van der Waals surface area contributed by atoms with Crippen LogP contribution in [-0.2, 0) is 0 Å². The van der Waals surface area contributed by atoms with E-state index in [2.05, 4.69) is 47.5 Å². The number of nitrogens with zero attached hydrogens (tertiary/aromatic N) is 2. The molecule has 0 aliphatic carbocycles. The molecule has 1 saturated heterocycles. The zero-order chi connectivity index (χ0) is 12.1. The molecule has 1 fully saturated rings. The zero-order valence-electron chi connectivity index (χ0n) is 10.3. The lowest BCUT2D eigenvalue weighted by atomic mass is 9.99. The number of aryl methyl sites for hydroxylation is 1. The van der Waals surface area contributed by atoms with Gasteiger partial charge in [0.1, 0.15) is 0 Å². The molecule has 0 saturated carbocycles. The lowest BCUT2D eigenvalue weighted by Crippen LogP contribution is -2.44. The fraction of sp³-hybridized carbons (Fsp3) is 0.500. The van der Waals surface area contributed by atoms with Crippen molar-refractivity contribution in [1.29, 1.82) is 5.26 Å². The first-order valence-corrected chi connectivity index (χ1v) is 6.19. The molecule has 1 N–H and O–H groups in total. The minimum atomic E-state index is -0.00583. The topological polar surface area (TPSA) is 39.1 Å². The van der Waals surface area contributed by atoms with Crippen LogP contribution >= 0.6 is 0 Å². The summed E-state index contributed by atoms with van der Waals surface area (Å²) in [5.41, 5.74) is 2.38. The number of piperazine rings is 1. The SMILES string of the molecule is Cc1ccc(C(C#N)CN2CCNCC2)cc1. The largest absolute Gasteiger partial charge is 0.314 e. The Morgan fingerprint density at radius 3 is 2.53 bits per heavy atom. The van der Waals surface area contributed by atoms with Crippen LogP contribution in [0, 0.1) is 18.3 Å². The third-order valence-corrected chi connectivity index (χ3v) is 3.29. The van der Waals surface area contributed by atoms with Gasteiger partial charge in [0.05, 0.1) is 12.0 Å². The predicted octanol–water partition coefficient (Wildman–Crippen LogP) is 1.51. The second-order valence-corrected chi connectivity index (χ2v) is 4.64. The molecule has 1 heterocycles. The minimum absolute atomic E-state index is 0.00583. The highest BCUT2D eigenvalue weighted by molar-refractivity contribution is 5.28. The van der Waals surface area contributed by atoms with Gasteiger partial charge in [-0.1, -0.05) is 29.8 Å². The number of benzene rings is 1. The quantitative estimate of drug-likeness (QED) is 0.854. The van der Waals surface area contributed by atoms with Gasteiger partial charge in [-0.05, 0) is 12.5 Å². The molecule has 1 aliphatic rings. The number of nitrogens with one attached hydrogen (secondary N) is 1. The van der Waals surface area contributed by atoms with Gasteiger partial charge in [-0.3, -0.25) is 4.90 Å². The average molecular weight is 229 g/mol. The minimum Gasteiger partial charge on any atom is -0.314 e. The van der Waals surface area contributed by atoms with Gasteiger partial charge in [0, 0.05) is 32.7 Å². The smallest absolute Gasteiger partial charge is 0.0839 e. The van der Waals surface area contributed by atoms with Crippen molar-refractivity contribution in [2.45, 2.75) is 12.8 Å². The van der Waals surface area contributed by atoms with Crippen LogP contribution in [-0.4, -0.2) is 37.6 Å². The van der Waals surface area contributed by atoms with Crippen molar-refractivity contribution in [3.63, 3.8) is 0 Å². The van der Waals surface area contributed by atoms with E-state index in [9.17, 15) is 5.26 Å². The molecule has 1 aromatic rings. The highest BCUT2D eigenvalue weighted by atomic mass is 15.2. The molecular weight excluding hydrogens is 210 g/mol. The maximum absolute atomic E-state index is 9.29. The van der Waals surface area contributed by atoms with Crippen LogP contribution < -0.4 is 5.32 Å². The van der Waals surface area contributed by atoms with Crippen LogP contribution in [0.15, 0.2) is 24.3 Å². The van der Waals surface area contributed by atoms with E-state index in [0.29, 0.717) is 0 Å². The van der Waals surface area contributed by atoms with Gasteiger partial charge < -0.3 is 5.32 Å². The summed E-state index contributed by atoms with van der Waals surface area (Å²) in [5, 5.41) is 12.6. The summed E-state index contributed by atoms with van der Waals surface area (Å²) >= 11 is 0. The normalized spacial score (nSPS) is 18.6. The Morgan fingerprint density at radius 1 is 1.29 bits per heavy atom. The Bertz CT molecular complexity index is 385. The molecular formula is C14H19N3. The standard InChI is InChI=1S/C14H19N3/c1-12-2-4-13(5-3-12)14(10-15)11-17-8-6-16-7-9-17/h2-5,14,16H,6-9,11H2,1H3. The molecule has 0 spiro atoms. The third-order valence-electron chi connectivity index (χ3n) is 3.29. The summed E-state index contributed by atoms with van der Waals surface area (Å²) in [6.07, 6.45) is 0. The van der Waals surface area contributed by atoms with E-state index in [0.717, 1.165) is 38.3 Å². The summed E-state index contributed by atoms with van der Waals surface area (Å²) in [4.78, 5) is 2.37. The van der Waals surface area contributed by atoms with Gasteiger partial charge in [0.2, 0.25) is 0 Å². The van der Waals surface area contributed by atoms with Crippen LogP contribution in [0.25, 0.3) is 0 Å². The van der Waals surface area contributed by atoms with Crippen LogP contribution in [0.1, 0.15) is 17.0 Å². The van der Waals surface area contributed by atoms with Crippen molar-refractivity contribution in [3.05, 3.63) is 35.4 Å². The number of hydrogen-bond acceptors (Lipinski definition) is 3. The highest BCUT2D eigenvalue weighted by Gasteiger charge is 2.17. The van der Waals surface area contributed by atoms with E-state index in [1.807, 2.05) is 0 Å². The van der Waals surface area contributed by atoms with Gasteiger partial charge in [-0.25, -0.2) is 0 Å². The van der Waals surface area contributed by atoms with Gasteiger partial charge >= 0.3 is 0 Å². The average Bonchev–Trinajstić information content (AvgIpc) is 2.38. The van der Waals surface area contributed by atoms with E-state index in [1.54, 1.807) is 0 Å². The molecule has 17 heavy (non-hydrogen) atoms. The van der Waals surface area contributed by atoms with Crippen LogP contribution in [0.2, 0.25) is 0 Å². The Hall–Kier alpha value is -1.37. The summed E-state index contributed by atoms with van der Waals surface area (Å²) in [5.74, 6) is -0.00583. The third kappa shape index (κ3) is 3.29. The number of nitriles is 1. The lowest BCUT2D eigenvalue weighted by Gasteiger charge is -2.28. The Kier molecular flexibility index (Phi) is 4.13. The summed E-state index contributed by atoms with van der Waals surface area (Å²) < 4.78 is 0. The monoisotopic (exact) mass is 229 g/mol. The van der Waals surface area contributed by atoms with Crippen molar-refractivity contribution >= 4 is 0 Å². The first-order valence-electron chi connectivity index (χ1n) is 6.19. The highest BCUT2D eigenvalue weighted by Crippen LogP contribution is 2.17. The molecule has 0 bridgehead atoms. The Balaban J connectivity index is 2.01. The summed E-state index contributed by atoms with van der Waals surface area (Å²) in [6.45, 7) is 7.08. The van der Waals surface area contributed by atoms with Crippen LogP contribution in [0.4, 0.5) is 0 Å². The van der Waals surface area contributed by atoms with Crippen molar-refractivity contribution in [2.24, 2.45) is 0 Å². The van der Waals surface area contributed by atoms with E-state index >= 15 is 0 Å². The number of hydrogen-bond donors (Lipinski definition) is 1. The molecule has 0 aromatic heterocycles. The lowest BCUT2D eigenvalue weighted by molar-refractivity contribution is 0.237. The molecule has 3 nitrogen and oxygen atoms in total. The molecule has 1 aliphatic heterocycles. The molecule has 0 radical (unpaired) electrons. The second-order valence-electron chi connectivity index (χ2n) is 4.64. The van der Waals surface area contributed by atoms with E-state index in [1.165, 1.54) is 5.56 Å². The summed E-state index contributed by atoms with van der Waals surface area (Å²) in [7, 11) is 0. The molecule has 1 atom stereocenters. The summed E-state index contributed by atoms with van der Waals surface area (Å²) in [6, 6.07) is 10.7. The van der Waals surface area contributed by atoms with Crippen molar-refractivity contribution in [2.75, 3.05) is 32.7 Å². The maximum atomic E-state index is 9.29. The predicted molar refractivity (Wildman–Crippen MR) is 68.8 cm³/mol. The second kappa shape index (κ2) is 5.81. The fourth-order valence-electron chi connectivity index (χ4n) is 2.17. The van der Waals surface area contributed by atoms with E-state index in [-0.39, 0.29) is 5.92 Å². The molecule has 2 rings (SSSR count). The van der Waals surface area contributed by atoms with E-state index < -0.39 is 0 Å². The number of rotatable bonds is 3. The molecule has 1 unspecified atom stereocenters. The Labute approximate surface area is 103 Å². The first kappa shape index (κ1) is 12.1. The van der Waals surface area contributed by atoms with Gasteiger partial charge in [-0.2, -0.15) is 5.26 Å². The van der Waals surface area contributed by atoms with Gasteiger partial charge in [0.25, 0.3) is 0 Å². The van der Waals surface area contributed by atoms with Gasteiger partial charge in [0.15, 0.2) is 0 Å². The molecule has 0 amide bonds. The zero-order valence-corrected chi connectivity index (χ0v) is 10.3. The van der Waals surface area contributed by atoms with E-state index in [4.69, 9.17) is 0 Å². The molecule has 90 valence electrons. The van der Waals surface area contributed by atoms with Crippen molar-refractivity contribution in [1.82, 2.24) is 10.2 Å². The maximum Gasteiger partial charge on any atom is 0.0839 e. The van der Waals surface area contributed by atoms with Gasteiger partial charge in [-0.15, -0.1) is 0 Å². The first-order chi connectivity index (χ1) is 8.29. The Morgan fingerprint density at radius 2 is 1.94 bits per heavy atom. The van der Waals surface area contributed by atoms with Crippen LogP contribution in [0.5, 0.6) is 0 Å². The molecule has 1 aromatic carbocycles. The van der Waals surface area contributed by atoms with Crippen LogP contribution in [0.3, 0.4) is 0 Å².